The van der Waals surface area contributed by atoms with E-state index in [-0.39, 0.29) is 18.8 Å². The molecule has 10 nitrogen and oxygen atoms in total. The van der Waals surface area contributed by atoms with Crippen molar-refractivity contribution < 1.29 is 40.4 Å². The zero-order valence-electron chi connectivity index (χ0n) is 17.0. The monoisotopic (exact) mass is 441 g/mol. The second-order valence-corrected chi connectivity index (χ2v) is 7.64. The van der Waals surface area contributed by atoms with E-state index in [2.05, 4.69) is 0 Å². The van der Waals surface area contributed by atoms with E-state index >= 15 is 0 Å². The third kappa shape index (κ3) is 7.69. The fraction of sp³-hybridized carbons (Fsp3) is 0.444. The summed E-state index contributed by atoms with van der Waals surface area (Å²) in [6.07, 6.45) is 4.39. The Morgan fingerprint density at radius 3 is 2.23 bits per heavy atom. The van der Waals surface area contributed by atoms with Crippen LogP contribution in [0.25, 0.3) is 0 Å². The highest BCUT2D eigenvalue weighted by Crippen LogP contribution is 2.20. The number of carbonyl (C=O) groups is 2. The van der Waals surface area contributed by atoms with E-state index in [1.807, 2.05) is 6.92 Å². The van der Waals surface area contributed by atoms with Crippen molar-refractivity contribution in [2.45, 2.75) is 25.8 Å². The normalized spacial score (nSPS) is 17.1. The van der Waals surface area contributed by atoms with Crippen LogP contribution in [0.15, 0.2) is 36.4 Å². The molecule has 1 aromatic carbocycles. The summed E-state index contributed by atoms with van der Waals surface area (Å²) in [7, 11) is -3.16. The minimum absolute atomic E-state index is 0.0135. The number of allylic oxidation sites excluding steroid dienone is 1. The Labute approximate surface area is 176 Å². The fourth-order valence-corrected chi connectivity index (χ4v) is 3.27. The molecule has 164 valence electrons. The van der Waals surface area contributed by atoms with Crippen molar-refractivity contribution in [2.24, 2.45) is 0 Å². The lowest BCUT2D eigenvalue weighted by Crippen LogP contribution is -2.48. The van der Waals surface area contributed by atoms with Crippen molar-refractivity contribution >= 4 is 29.5 Å². The smallest absolute Gasteiger partial charge is 0.497 e. The molecule has 0 aliphatic carbocycles. The Bertz CT molecular complexity index is 837. The van der Waals surface area contributed by atoms with Gasteiger partial charge in [0.2, 0.25) is 0 Å². The van der Waals surface area contributed by atoms with E-state index < -0.39 is 35.5 Å². The summed E-state index contributed by atoms with van der Waals surface area (Å²) in [4.78, 5) is 25.4. The quantitative estimate of drug-likeness (QED) is 0.408. The van der Waals surface area contributed by atoms with E-state index in [4.69, 9.17) is 22.4 Å². The van der Waals surface area contributed by atoms with Gasteiger partial charge in [-0.15, -0.1) is 0 Å². The topological polar surface area (TPSA) is 118 Å². The van der Waals surface area contributed by atoms with Crippen molar-refractivity contribution in [2.75, 3.05) is 27.2 Å². The number of unbranched alkanes of at least 4 members (excludes halogenated alkanes) is 1. The fourth-order valence-electron chi connectivity index (χ4n) is 2.46. The van der Waals surface area contributed by atoms with E-state index in [1.165, 1.54) is 42.4 Å². The summed E-state index contributed by atoms with van der Waals surface area (Å²) in [5.41, 5.74) is 0. The zero-order chi connectivity index (χ0) is 22.1. The molecule has 1 fully saturated rings. The first-order valence-corrected chi connectivity index (χ1v) is 10.6. The average molecular weight is 441 g/mol. The van der Waals surface area contributed by atoms with Crippen LogP contribution < -0.4 is 8.92 Å². The third-order valence-electron chi connectivity index (χ3n) is 3.83. The second kappa shape index (κ2) is 11.0. The van der Waals surface area contributed by atoms with Crippen LogP contribution in [0, 0.1) is 0 Å². The average Bonchev–Trinajstić information content (AvgIpc) is 2.65. The minimum Gasteiger partial charge on any atom is -0.497 e. The summed E-state index contributed by atoms with van der Waals surface area (Å²) in [6.45, 7) is 1.60. The van der Waals surface area contributed by atoms with Gasteiger partial charge in [0.1, 0.15) is 11.5 Å². The molecule has 1 saturated heterocycles. The number of nitrogens with zero attached hydrogens (tertiary/aromatic N) is 1. The number of carbonyl (C=O) groups excluding carboxylic acids is 2. The largest absolute Gasteiger partial charge is 0.635 e. The van der Waals surface area contributed by atoms with Gasteiger partial charge in [-0.3, -0.25) is 14.5 Å². The number of benzene rings is 1. The molecule has 0 saturated carbocycles. The van der Waals surface area contributed by atoms with Crippen molar-refractivity contribution in [3.63, 3.8) is 0 Å². The van der Waals surface area contributed by atoms with Crippen LogP contribution >= 0.6 is 0 Å². The van der Waals surface area contributed by atoms with Crippen molar-refractivity contribution in [1.82, 2.24) is 4.90 Å². The molecular formula is C18H24BNO9S. The van der Waals surface area contributed by atoms with Crippen molar-refractivity contribution in [3.8, 4) is 11.5 Å². The SMILES string of the molecule is CCC/C=C/C(OS(=O)(=O)Oc1ccc(OC)cc1)B1OC(=O)CN(C)CC(=O)O1. The third-order valence-corrected chi connectivity index (χ3v) is 4.68. The van der Waals surface area contributed by atoms with Gasteiger partial charge in [0.15, 0.2) is 6.00 Å². The summed E-state index contributed by atoms with van der Waals surface area (Å²) >= 11 is 0. The molecule has 12 heteroatoms. The first-order valence-electron chi connectivity index (χ1n) is 9.23. The molecule has 0 spiro atoms. The lowest BCUT2D eigenvalue weighted by atomic mass is 9.80. The molecule has 0 aromatic heterocycles. The van der Waals surface area contributed by atoms with Gasteiger partial charge >= 0.3 is 29.5 Å². The van der Waals surface area contributed by atoms with Crippen LogP contribution in [-0.4, -0.2) is 65.6 Å². The zero-order valence-corrected chi connectivity index (χ0v) is 17.8. The van der Waals surface area contributed by atoms with Gasteiger partial charge < -0.3 is 18.2 Å². The highest BCUT2D eigenvalue weighted by molar-refractivity contribution is 7.82. The van der Waals surface area contributed by atoms with E-state index in [1.54, 1.807) is 13.1 Å². The van der Waals surface area contributed by atoms with E-state index in [9.17, 15) is 18.0 Å². The number of likely N-dealkylation sites (N-methyl/N-ethyl adjacent to an activating group) is 1. The van der Waals surface area contributed by atoms with Gasteiger partial charge in [-0.05, 0) is 37.7 Å². The van der Waals surface area contributed by atoms with Crippen LogP contribution in [0.2, 0.25) is 0 Å². The molecule has 0 amide bonds. The number of ether oxygens (including phenoxy) is 1. The molecule has 1 aromatic rings. The maximum absolute atomic E-state index is 12.4. The van der Waals surface area contributed by atoms with Gasteiger partial charge in [0.05, 0.1) is 20.2 Å². The molecule has 0 bridgehead atoms. The Morgan fingerprint density at radius 2 is 1.70 bits per heavy atom. The van der Waals surface area contributed by atoms with Gasteiger partial charge in [-0.25, -0.2) is 4.18 Å². The first kappa shape index (κ1) is 23.7. The molecule has 1 atom stereocenters. The maximum atomic E-state index is 12.4. The number of methoxy groups -OCH3 is 1. The van der Waals surface area contributed by atoms with E-state index in [0.717, 1.165) is 6.42 Å². The van der Waals surface area contributed by atoms with Gasteiger partial charge in [-0.1, -0.05) is 25.5 Å². The predicted molar refractivity (Wildman–Crippen MR) is 107 cm³/mol. The number of hydrogen-bond acceptors (Lipinski definition) is 10. The Morgan fingerprint density at radius 1 is 1.13 bits per heavy atom. The lowest BCUT2D eigenvalue weighted by Gasteiger charge is -2.25. The minimum atomic E-state index is -4.59. The molecule has 1 heterocycles. The summed E-state index contributed by atoms with van der Waals surface area (Å²) < 4.78 is 50.0. The predicted octanol–water partition coefficient (Wildman–Crippen LogP) is 1.12. The number of hydrogen-bond donors (Lipinski definition) is 0. The van der Waals surface area contributed by atoms with Crippen molar-refractivity contribution in [1.29, 1.82) is 0 Å². The highest BCUT2D eigenvalue weighted by Gasteiger charge is 2.42. The molecule has 0 radical (unpaired) electrons. The second-order valence-electron chi connectivity index (χ2n) is 6.47. The summed E-state index contributed by atoms with van der Waals surface area (Å²) in [5.74, 6) is -0.887. The van der Waals surface area contributed by atoms with Crippen LogP contribution in [0.3, 0.4) is 0 Å². The molecule has 1 unspecified atom stereocenters. The van der Waals surface area contributed by atoms with Crippen LogP contribution in [0.4, 0.5) is 0 Å². The Balaban J connectivity index is 2.19. The number of rotatable bonds is 9. The molecule has 30 heavy (non-hydrogen) atoms. The van der Waals surface area contributed by atoms with Crippen molar-refractivity contribution in [3.05, 3.63) is 36.4 Å². The van der Waals surface area contributed by atoms with Crippen LogP contribution in [0.1, 0.15) is 19.8 Å². The van der Waals surface area contributed by atoms with Gasteiger partial charge in [0, 0.05) is 0 Å². The summed E-state index contributed by atoms with van der Waals surface area (Å²) in [6, 6.07) is 4.37. The Hall–Kier alpha value is -2.57. The molecule has 1 aliphatic rings. The molecule has 2 rings (SSSR count). The van der Waals surface area contributed by atoms with Gasteiger partial charge in [-0.2, -0.15) is 8.42 Å². The molecular weight excluding hydrogens is 417 g/mol. The standard InChI is InChI=1S/C18H24BNO9S/c1-4-5-6-7-16(19-26-17(21)12-20(2)13-18(22)27-19)29-30(23,24)28-15-10-8-14(25-3)9-11-15/h6-11,16H,4-5,12-13H2,1-3H3/b7-6+. The molecule has 1 aliphatic heterocycles. The lowest BCUT2D eigenvalue weighted by molar-refractivity contribution is -0.146. The first-order chi connectivity index (χ1) is 14.2. The van der Waals surface area contributed by atoms with Crippen LogP contribution in [-0.2, 0) is 33.5 Å². The van der Waals surface area contributed by atoms with Crippen LogP contribution in [0.5, 0.6) is 11.5 Å². The Kier molecular flexibility index (Phi) is 8.69. The van der Waals surface area contributed by atoms with E-state index in [0.29, 0.717) is 12.2 Å². The molecule has 0 N–H and O–H groups in total. The highest BCUT2D eigenvalue weighted by atomic mass is 32.3. The summed E-state index contributed by atoms with van der Waals surface area (Å²) in [5, 5.41) is 0. The maximum Gasteiger partial charge on any atom is 0.635 e. The van der Waals surface area contributed by atoms with Gasteiger partial charge in [0.25, 0.3) is 0 Å².